The van der Waals surface area contributed by atoms with Gasteiger partial charge in [-0.3, -0.25) is 4.79 Å². The van der Waals surface area contributed by atoms with Crippen molar-refractivity contribution in [2.24, 2.45) is 0 Å². The summed E-state index contributed by atoms with van der Waals surface area (Å²) in [5.41, 5.74) is 1.70. The number of nitrogens with one attached hydrogen (secondary N) is 1. The topological polar surface area (TPSA) is 78.7 Å². The van der Waals surface area contributed by atoms with Crippen molar-refractivity contribution in [1.82, 2.24) is 20.3 Å². The van der Waals surface area contributed by atoms with E-state index >= 15 is 0 Å². The second kappa shape index (κ2) is 7.90. The van der Waals surface area contributed by atoms with E-state index in [1.54, 1.807) is 22.8 Å². The lowest BCUT2D eigenvalue weighted by molar-refractivity contribution is 0.0623. The van der Waals surface area contributed by atoms with Crippen LogP contribution in [0.3, 0.4) is 0 Å². The van der Waals surface area contributed by atoms with E-state index in [2.05, 4.69) is 26.4 Å². The minimum atomic E-state index is -0.187. The third kappa shape index (κ3) is 4.24. The average molecular weight is 421 g/mol. The summed E-state index contributed by atoms with van der Waals surface area (Å²) >= 11 is 3.44. The summed E-state index contributed by atoms with van der Waals surface area (Å²) in [4.78, 5) is 28.2. The molecule has 1 saturated heterocycles. The van der Waals surface area contributed by atoms with Crippen LogP contribution in [-0.2, 0) is 0 Å². The predicted molar refractivity (Wildman–Crippen MR) is 99.8 cm³/mol. The Morgan fingerprint density at radius 1 is 1.19 bits per heavy atom. The van der Waals surface area contributed by atoms with Crippen LogP contribution in [0, 0.1) is 6.92 Å². The molecule has 0 spiro atoms. The van der Waals surface area contributed by atoms with Gasteiger partial charge in [-0.25, -0.2) is 4.79 Å². The third-order valence-corrected chi connectivity index (χ3v) is 4.87. The Hall–Kier alpha value is -2.35. The van der Waals surface area contributed by atoms with Crippen LogP contribution in [0.4, 0.5) is 4.79 Å². The molecule has 2 aromatic rings. The Kier molecular flexibility index (Phi) is 5.61. The number of carbonyl (C=O) groups is 2. The maximum Gasteiger partial charge on any atom is 0.317 e. The highest BCUT2D eigenvalue weighted by Crippen LogP contribution is 2.18. The van der Waals surface area contributed by atoms with Crippen molar-refractivity contribution in [3.8, 4) is 0 Å². The van der Waals surface area contributed by atoms with Crippen LogP contribution >= 0.6 is 15.9 Å². The van der Waals surface area contributed by atoms with Crippen LogP contribution in [-0.4, -0.2) is 53.1 Å². The van der Waals surface area contributed by atoms with Crippen molar-refractivity contribution in [3.05, 3.63) is 51.8 Å². The molecule has 3 amide bonds. The number of aromatic nitrogens is 1. The molecule has 3 rings (SSSR count). The first-order valence-electron chi connectivity index (χ1n) is 8.47. The Labute approximate surface area is 160 Å². The standard InChI is InChI=1S/C18H21BrN4O3/c1-12-10-16(26-21-12)17(24)22-6-8-23(9-7-22)18(25)20-13(2)14-4-3-5-15(19)11-14/h3-5,10-11,13H,6-9H2,1-2H3,(H,20,25). The van der Waals surface area contributed by atoms with Gasteiger partial charge in [-0.05, 0) is 31.5 Å². The second-order valence-corrected chi connectivity index (χ2v) is 7.25. The lowest BCUT2D eigenvalue weighted by Gasteiger charge is -2.34. The van der Waals surface area contributed by atoms with Gasteiger partial charge in [0, 0.05) is 36.7 Å². The van der Waals surface area contributed by atoms with Crippen molar-refractivity contribution in [2.45, 2.75) is 19.9 Å². The molecule has 1 fully saturated rings. The number of amides is 3. The summed E-state index contributed by atoms with van der Waals surface area (Å²) < 4.78 is 6.00. The van der Waals surface area contributed by atoms with Gasteiger partial charge in [0.25, 0.3) is 5.91 Å². The molecule has 0 saturated carbocycles. The molecule has 1 unspecified atom stereocenters. The zero-order valence-electron chi connectivity index (χ0n) is 14.7. The maximum atomic E-state index is 12.5. The van der Waals surface area contributed by atoms with Gasteiger partial charge in [0.05, 0.1) is 11.7 Å². The van der Waals surface area contributed by atoms with E-state index in [1.165, 1.54) is 0 Å². The van der Waals surface area contributed by atoms with E-state index in [1.807, 2.05) is 31.2 Å². The molecule has 26 heavy (non-hydrogen) atoms. The summed E-state index contributed by atoms with van der Waals surface area (Å²) in [5, 5.41) is 6.75. The summed E-state index contributed by atoms with van der Waals surface area (Å²) in [6, 6.07) is 9.26. The van der Waals surface area contributed by atoms with Gasteiger partial charge in [0.15, 0.2) is 0 Å². The monoisotopic (exact) mass is 420 g/mol. The summed E-state index contributed by atoms with van der Waals surface area (Å²) in [6.45, 7) is 5.63. The Bertz CT molecular complexity index is 799. The third-order valence-electron chi connectivity index (χ3n) is 4.38. The van der Waals surface area contributed by atoms with Crippen molar-refractivity contribution in [3.63, 3.8) is 0 Å². The number of piperazine rings is 1. The van der Waals surface area contributed by atoms with E-state index in [0.29, 0.717) is 31.9 Å². The quantitative estimate of drug-likeness (QED) is 0.827. The van der Waals surface area contributed by atoms with Gasteiger partial charge < -0.3 is 19.6 Å². The van der Waals surface area contributed by atoms with E-state index in [-0.39, 0.29) is 23.7 Å². The maximum absolute atomic E-state index is 12.5. The molecule has 1 aliphatic heterocycles. The first-order chi connectivity index (χ1) is 12.4. The minimum Gasteiger partial charge on any atom is -0.351 e. The summed E-state index contributed by atoms with van der Waals surface area (Å²) in [5.74, 6) is 0.0526. The zero-order valence-corrected chi connectivity index (χ0v) is 16.3. The first kappa shape index (κ1) is 18.4. The molecule has 138 valence electrons. The molecule has 0 bridgehead atoms. The van der Waals surface area contributed by atoms with E-state index < -0.39 is 0 Å². The molecule has 1 aliphatic rings. The molecule has 0 radical (unpaired) electrons. The SMILES string of the molecule is Cc1cc(C(=O)N2CCN(C(=O)NC(C)c3cccc(Br)c3)CC2)on1. The number of hydrogen-bond acceptors (Lipinski definition) is 4. The summed E-state index contributed by atoms with van der Waals surface area (Å²) in [7, 11) is 0. The Morgan fingerprint density at radius 2 is 1.88 bits per heavy atom. The molecule has 1 aromatic heterocycles. The van der Waals surface area contributed by atoms with Crippen LogP contribution < -0.4 is 5.32 Å². The van der Waals surface area contributed by atoms with Crippen LogP contribution in [0.2, 0.25) is 0 Å². The minimum absolute atomic E-state index is 0.100. The van der Waals surface area contributed by atoms with Gasteiger partial charge in [-0.1, -0.05) is 33.2 Å². The van der Waals surface area contributed by atoms with E-state index in [9.17, 15) is 9.59 Å². The average Bonchev–Trinajstić information content (AvgIpc) is 3.07. The van der Waals surface area contributed by atoms with Crippen LogP contribution in [0.15, 0.2) is 39.3 Å². The number of nitrogens with zero attached hydrogens (tertiary/aromatic N) is 3. The van der Waals surface area contributed by atoms with Crippen molar-refractivity contribution < 1.29 is 14.1 Å². The highest BCUT2D eigenvalue weighted by atomic mass is 79.9. The fourth-order valence-corrected chi connectivity index (χ4v) is 3.29. The molecule has 1 aromatic carbocycles. The van der Waals surface area contributed by atoms with Crippen molar-refractivity contribution >= 4 is 27.9 Å². The van der Waals surface area contributed by atoms with Crippen LogP contribution in [0.25, 0.3) is 0 Å². The Morgan fingerprint density at radius 3 is 2.50 bits per heavy atom. The number of carbonyl (C=O) groups excluding carboxylic acids is 2. The normalized spacial score (nSPS) is 15.7. The molecular weight excluding hydrogens is 400 g/mol. The number of urea groups is 1. The van der Waals surface area contributed by atoms with Gasteiger partial charge >= 0.3 is 6.03 Å². The number of hydrogen-bond donors (Lipinski definition) is 1. The fraction of sp³-hybridized carbons (Fsp3) is 0.389. The molecule has 1 atom stereocenters. The van der Waals surface area contributed by atoms with Gasteiger partial charge in [-0.2, -0.15) is 0 Å². The molecular formula is C18H21BrN4O3. The Balaban J connectivity index is 1.52. The van der Waals surface area contributed by atoms with Gasteiger partial charge in [-0.15, -0.1) is 0 Å². The zero-order chi connectivity index (χ0) is 18.7. The molecule has 2 heterocycles. The lowest BCUT2D eigenvalue weighted by Crippen LogP contribution is -2.53. The molecule has 1 N–H and O–H groups in total. The molecule has 8 heteroatoms. The molecule has 0 aliphatic carbocycles. The number of halogens is 1. The number of rotatable bonds is 3. The van der Waals surface area contributed by atoms with Gasteiger partial charge in [0.2, 0.25) is 5.76 Å². The van der Waals surface area contributed by atoms with Crippen molar-refractivity contribution in [1.29, 1.82) is 0 Å². The number of aryl methyl sites for hydroxylation is 1. The predicted octanol–water partition coefficient (Wildman–Crippen LogP) is 2.97. The van der Waals surface area contributed by atoms with E-state index in [4.69, 9.17) is 4.52 Å². The largest absolute Gasteiger partial charge is 0.351 e. The first-order valence-corrected chi connectivity index (χ1v) is 9.27. The van der Waals surface area contributed by atoms with Gasteiger partial charge in [0.1, 0.15) is 0 Å². The smallest absolute Gasteiger partial charge is 0.317 e. The van der Waals surface area contributed by atoms with Crippen LogP contribution in [0.5, 0.6) is 0 Å². The van der Waals surface area contributed by atoms with E-state index in [0.717, 1.165) is 10.0 Å². The number of benzene rings is 1. The van der Waals surface area contributed by atoms with Crippen LogP contribution in [0.1, 0.15) is 34.8 Å². The second-order valence-electron chi connectivity index (χ2n) is 6.34. The molecule has 7 nitrogen and oxygen atoms in total. The lowest BCUT2D eigenvalue weighted by atomic mass is 10.1. The summed E-state index contributed by atoms with van der Waals surface area (Å²) in [6.07, 6.45) is 0. The fourth-order valence-electron chi connectivity index (χ4n) is 2.87. The van der Waals surface area contributed by atoms with Crippen molar-refractivity contribution in [2.75, 3.05) is 26.2 Å². The highest BCUT2D eigenvalue weighted by Gasteiger charge is 2.27. The highest BCUT2D eigenvalue weighted by molar-refractivity contribution is 9.10.